The molecule has 4 aliphatic heterocycles. The topological polar surface area (TPSA) is 165 Å². The smallest absolute Gasteiger partial charge is 0.260 e. The molecule has 3 N–H and O–H groups in total. The van der Waals surface area contributed by atoms with Gasteiger partial charge in [-0.25, -0.2) is 0 Å². The fraction of sp³-hybridized carbons (Fsp3) is 0.404. The lowest BCUT2D eigenvalue weighted by Crippen LogP contribution is -2.37. The SMILES string of the molecule is COc1cc2c(cc1OCCCOc1cc3c(cc1C)C(=O)N1C=C(c4ccc(NC(=O)[C@H](C)CC(=O)[C@@H](N)C(C)C)cc4)C[C@H]1C=N3)N=C[C@@H]1CC(C3CC3)=CN1C2=O. The zero-order valence-corrected chi connectivity index (χ0v) is 34.8. The maximum Gasteiger partial charge on any atom is 0.260 e. The minimum Gasteiger partial charge on any atom is -0.493 e. The van der Waals surface area contributed by atoms with Gasteiger partial charge in [0.05, 0.1) is 61.0 Å². The van der Waals surface area contributed by atoms with Gasteiger partial charge in [-0.1, -0.05) is 32.9 Å². The summed E-state index contributed by atoms with van der Waals surface area (Å²) in [6.45, 7) is 8.11. The number of methoxy groups -OCH3 is 1. The number of nitrogens with zero attached hydrogens (tertiary/aromatic N) is 4. The van der Waals surface area contributed by atoms with E-state index in [0.717, 1.165) is 23.1 Å². The second-order valence-corrected chi connectivity index (χ2v) is 16.8. The Bertz CT molecular complexity index is 2340. The number of carbonyl (C=O) groups is 4. The third-order valence-corrected chi connectivity index (χ3v) is 11.9. The van der Waals surface area contributed by atoms with E-state index < -0.39 is 12.0 Å². The summed E-state index contributed by atoms with van der Waals surface area (Å²) in [6, 6.07) is 13.7. The molecule has 13 nitrogen and oxygen atoms in total. The molecule has 0 unspecified atom stereocenters. The molecule has 13 heteroatoms. The second kappa shape index (κ2) is 16.9. The molecule has 0 spiro atoms. The number of carbonyl (C=O) groups excluding carboxylic acids is 4. The van der Waals surface area contributed by atoms with Crippen LogP contribution >= 0.6 is 0 Å². The first-order valence-corrected chi connectivity index (χ1v) is 20.8. The molecule has 0 radical (unpaired) electrons. The van der Waals surface area contributed by atoms with Crippen LogP contribution in [0.3, 0.4) is 0 Å². The molecule has 0 bridgehead atoms. The second-order valence-electron chi connectivity index (χ2n) is 16.8. The van der Waals surface area contributed by atoms with Gasteiger partial charge in [0.2, 0.25) is 5.91 Å². The Kier molecular flexibility index (Phi) is 11.4. The first-order valence-electron chi connectivity index (χ1n) is 20.8. The number of rotatable bonds is 15. The summed E-state index contributed by atoms with van der Waals surface area (Å²) in [4.78, 5) is 65.6. The van der Waals surface area contributed by atoms with Gasteiger partial charge in [-0.15, -0.1) is 0 Å². The van der Waals surface area contributed by atoms with Gasteiger partial charge < -0.3 is 35.1 Å². The van der Waals surface area contributed by atoms with Crippen molar-refractivity contribution in [2.24, 2.45) is 33.5 Å². The Morgan fingerprint density at radius 1 is 0.833 bits per heavy atom. The van der Waals surface area contributed by atoms with Gasteiger partial charge in [-0.2, -0.15) is 0 Å². The summed E-state index contributed by atoms with van der Waals surface area (Å²) in [7, 11) is 1.56. The highest BCUT2D eigenvalue weighted by molar-refractivity contribution is 6.06. The van der Waals surface area contributed by atoms with Crippen molar-refractivity contribution in [2.75, 3.05) is 25.6 Å². The van der Waals surface area contributed by atoms with Crippen LogP contribution in [-0.4, -0.2) is 84.2 Å². The van der Waals surface area contributed by atoms with E-state index in [4.69, 9.17) is 29.9 Å². The van der Waals surface area contributed by atoms with Crippen LogP contribution in [0.4, 0.5) is 17.1 Å². The number of benzene rings is 3. The Hall–Kier alpha value is -6.08. The van der Waals surface area contributed by atoms with Crippen molar-refractivity contribution in [1.29, 1.82) is 0 Å². The fourth-order valence-corrected chi connectivity index (χ4v) is 8.07. The number of nitrogens with two attached hydrogens (primary N) is 1. The number of nitrogens with one attached hydrogen (secondary N) is 1. The summed E-state index contributed by atoms with van der Waals surface area (Å²) in [5.74, 6) is 1.13. The highest BCUT2D eigenvalue weighted by atomic mass is 16.5. The van der Waals surface area contributed by atoms with Crippen LogP contribution in [0.15, 0.2) is 76.5 Å². The molecule has 3 aromatic carbocycles. The van der Waals surface area contributed by atoms with Crippen LogP contribution < -0.4 is 25.3 Å². The minimum absolute atomic E-state index is 0.0131. The third-order valence-electron chi connectivity index (χ3n) is 11.9. The van der Waals surface area contributed by atoms with Gasteiger partial charge in [-0.05, 0) is 84.6 Å². The van der Waals surface area contributed by atoms with Gasteiger partial charge in [0, 0.05) is 67.8 Å². The normalized spacial score (nSPS) is 20.0. The zero-order valence-electron chi connectivity index (χ0n) is 34.8. The van der Waals surface area contributed by atoms with E-state index in [0.29, 0.717) is 77.4 Å². The number of ketones is 1. The lowest BCUT2D eigenvalue weighted by molar-refractivity contribution is -0.127. The monoisotopic (exact) mass is 812 g/mol. The van der Waals surface area contributed by atoms with Crippen LogP contribution in [0, 0.1) is 24.7 Å². The average molecular weight is 813 g/mol. The number of Topliss-reactive ketones (excluding diaryl/α,β-unsaturated/α-hetero) is 1. The van der Waals surface area contributed by atoms with Crippen molar-refractivity contribution in [3.8, 4) is 17.2 Å². The number of aryl methyl sites for hydroxylation is 1. The lowest BCUT2D eigenvalue weighted by Gasteiger charge is -2.19. The molecule has 1 aliphatic carbocycles. The molecule has 60 heavy (non-hydrogen) atoms. The first kappa shape index (κ1) is 40.7. The van der Waals surface area contributed by atoms with E-state index in [2.05, 4.69) is 5.32 Å². The molecule has 0 aromatic heterocycles. The Morgan fingerprint density at radius 3 is 2.10 bits per heavy atom. The number of hydrogen-bond acceptors (Lipinski definition) is 10. The first-order chi connectivity index (χ1) is 28.9. The predicted molar refractivity (Wildman–Crippen MR) is 231 cm³/mol. The number of ether oxygens (including phenoxy) is 3. The summed E-state index contributed by atoms with van der Waals surface area (Å²) < 4.78 is 17.9. The molecule has 0 saturated heterocycles. The van der Waals surface area contributed by atoms with Crippen LogP contribution in [0.2, 0.25) is 0 Å². The summed E-state index contributed by atoms with van der Waals surface area (Å²) >= 11 is 0. The predicted octanol–water partition coefficient (Wildman–Crippen LogP) is 7.56. The highest BCUT2D eigenvalue weighted by Gasteiger charge is 2.38. The van der Waals surface area contributed by atoms with Gasteiger partial charge in [0.25, 0.3) is 11.8 Å². The summed E-state index contributed by atoms with van der Waals surface area (Å²) in [5.41, 5.74) is 12.8. The molecule has 1 saturated carbocycles. The van der Waals surface area contributed by atoms with Crippen LogP contribution in [-0.2, 0) is 9.59 Å². The molecule has 3 amide bonds. The van der Waals surface area contributed by atoms with Crippen molar-refractivity contribution in [2.45, 2.75) is 84.3 Å². The number of fused-ring (bicyclic) bond motifs is 4. The van der Waals surface area contributed by atoms with E-state index in [9.17, 15) is 19.2 Å². The molecule has 4 atom stereocenters. The number of anilines is 1. The molecule has 8 rings (SSSR count). The summed E-state index contributed by atoms with van der Waals surface area (Å²) in [6.07, 6.45) is 12.0. The van der Waals surface area contributed by atoms with Crippen molar-refractivity contribution < 1.29 is 33.4 Å². The van der Waals surface area contributed by atoms with Crippen molar-refractivity contribution >= 4 is 58.6 Å². The highest BCUT2D eigenvalue weighted by Crippen LogP contribution is 2.44. The Labute approximate surface area is 350 Å². The average Bonchev–Trinajstić information content (AvgIpc) is 3.92. The molecule has 3 aromatic rings. The minimum atomic E-state index is -0.584. The van der Waals surface area contributed by atoms with E-state index >= 15 is 0 Å². The van der Waals surface area contributed by atoms with Gasteiger partial charge in [-0.3, -0.25) is 29.2 Å². The number of aliphatic imine (C=N–C) groups is 2. The largest absolute Gasteiger partial charge is 0.493 e. The lowest BCUT2D eigenvalue weighted by atomic mass is 9.93. The van der Waals surface area contributed by atoms with Crippen LogP contribution in [0.25, 0.3) is 5.57 Å². The van der Waals surface area contributed by atoms with Gasteiger partial charge in [0.1, 0.15) is 5.75 Å². The van der Waals surface area contributed by atoms with E-state index in [1.54, 1.807) is 42.2 Å². The fourth-order valence-electron chi connectivity index (χ4n) is 8.07. The van der Waals surface area contributed by atoms with Crippen molar-refractivity contribution in [3.05, 3.63) is 88.8 Å². The Balaban J connectivity index is 0.850. The molecule has 5 aliphatic rings. The van der Waals surface area contributed by atoms with Crippen LogP contribution in [0.1, 0.15) is 91.1 Å². The molecular formula is C47H52N6O7. The van der Waals surface area contributed by atoms with Gasteiger partial charge in [0.15, 0.2) is 17.3 Å². The van der Waals surface area contributed by atoms with Crippen LogP contribution in [0.5, 0.6) is 17.2 Å². The Morgan fingerprint density at radius 2 is 1.45 bits per heavy atom. The molecule has 312 valence electrons. The maximum atomic E-state index is 13.9. The van der Waals surface area contributed by atoms with Gasteiger partial charge >= 0.3 is 0 Å². The molecular weight excluding hydrogens is 761 g/mol. The number of hydrogen-bond donors (Lipinski definition) is 2. The quantitative estimate of drug-likeness (QED) is 0.148. The summed E-state index contributed by atoms with van der Waals surface area (Å²) in [5, 5.41) is 2.90. The van der Waals surface area contributed by atoms with Crippen molar-refractivity contribution in [3.63, 3.8) is 0 Å². The van der Waals surface area contributed by atoms with E-state index in [-0.39, 0.29) is 47.9 Å². The molecule has 1 fully saturated rings. The molecule has 4 heterocycles. The maximum absolute atomic E-state index is 13.9. The standard InChI is InChI=1S/C47H52N6O7/c1-26(2)44(48)40(54)16-28(4)45(55)51-33-11-9-30(10-12-33)32-18-34-22-49-38-20-41(27(3)15-36(38)46(56)52(34)25-32)59-13-6-14-60-43-21-39-37(19-42(43)58-5)47(57)53-24-31(29-7-8-29)17-35(53)23-50-39/h9-12,15,19-26,28-29,34-35,44H,6-8,13-14,16-18,48H2,1-5H3,(H,51,55)/t28-,34+,35+,44+/m1/s1. The zero-order chi connectivity index (χ0) is 42.2. The van der Waals surface area contributed by atoms with E-state index in [1.807, 2.05) is 75.8 Å². The van der Waals surface area contributed by atoms with E-state index in [1.165, 1.54) is 18.4 Å². The van der Waals surface area contributed by atoms with Crippen molar-refractivity contribution in [1.82, 2.24) is 9.80 Å². The third kappa shape index (κ3) is 8.36. The number of amides is 3.